The molecule has 0 saturated heterocycles. The third-order valence-corrected chi connectivity index (χ3v) is 3.17. The first-order valence-electron chi connectivity index (χ1n) is 6.24. The molecule has 3 aromatic carbocycles. The van der Waals surface area contributed by atoms with Gasteiger partial charge in [-0.05, 0) is 34.4 Å². The van der Waals surface area contributed by atoms with Gasteiger partial charge in [-0.25, -0.2) is 4.39 Å². The lowest BCUT2D eigenvalue weighted by atomic mass is 10.0. The highest BCUT2D eigenvalue weighted by atomic mass is 19.1. The van der Waals surface area contributed by atoms with Crippen molar-refractivity contribution in [2.24, 2.45) is 0 Å². The highest BCUT2D eigenvalue weighted by Crippen LogP contribution is 2.24. The second kappa shape index (κ2) is 5.07. The molecule has 0 heterocycles. The van der Waals surface area contributed by atoms with Crippen molar-refractivity contribution in [2.75, 3.05) is 0 Å². The molecule has 0 amide bonds. The number of hydrogen-bond donors (Lipinski definition) is 0. The Bertz CT molecular complexity index is 652. The Balaban J connectivity index is 1.93. The van der Waals surface area contributed by atoms with Crippen LogP contribution >= 0.6 is 0 Å². The molecular formula is C18H13F. The van der Waals surface area contributed by atoms with Gasteiger partial charge in [-0.1, -0.05) is 66.7 Å². The van der Waals surface area contributed by atoms with Crippen LogP contribution < -0.4 is 0 Å². The number of rotatable bonds is 2. The molecule has 0 saturated carbocycles. The van der Waals surface area contributed by atoms with E-state index in [2.05, 4.69) is 36.4 Å². The Morgan fingerprint density at radius 1 is 0.421 bits per heavy atom. The van der Waals surface area contributed by atoms with Gasteiger partial charge in [0.1, 0.15) is 5.82 Å². The van der Waals surface area contributed by atoms with Crippen LogP contribution in [-0.4, -0.2) is 0 Å². The second-order valence-corrected chi connectivity index (χ2v) is 4.45. The van der Waals surface area contributed by atoms with Gasteiger partial charge in [0, 0.05) is 0 Å². The highest BCUT2D eigenvalue weighted by Gasteiger charge is 2.00. The Labute approximate surface area is 112 Å². The maximum atomic E-state index is 12.9. The van der Waals surface area contributed by atoms with Crippen molar-refractivity contribution in [2.45, 2.75) is 0 Å². The third-order valence-electron chi connectivity index (χ3n) is 3.17. The molecule has 1 heteroatoms. The average Bonchev–Trinajstić information content (AvgIpc) is 2.49. The van der Waals surface area contributed by atoms with E-state index in [9.17, 15) is 4.39 Å². The van der Waals surface area contributed by atoms with Crippen LogP contribution in [0, 0.1) is 5.82 Å². The Morgan fingerprint density at radius 2 is 0.789 bits per heavy atom. The zero-order valence-electron chi connectivity index (χ0n) is 10.4. The van der Waals surface area contributed by atoms with E-state index in [0.717, 1.165) is 11.1 Å². The summed E-state index contributed by atoms with van der Waals surface area (Å²) < 4.78 is 12.9. The summed E-state index contributed by atoms with van der Waals surface area (Å²) in [4.78, 5) is 0. The largest absolute Gasteiger partial charge is 0.207 e. The summed E-state index contributed by atoms with van der Waals surface area (Å²) in [6.07, 6.45) is 0. The molecule has 19 heavy (non-hydrogen) atoms. The maximum absolute atomic E-state index is 12.9. The first-order chi connectivity index (χ1) is 9.33. The predicted molar refractivity (Wildman–Crippen MR) is 77.3 cm³/mol. The second-order valence-electron chi connectivity index (χ2n) is 4.45. The molecular weight excluding hydrogens is 235 g/mol. The molecule has 0 atom stereocenters. The molecule has 0 aliphatic carbocycles. The molecule has 0 unspecified atom stereocenters. The van der Waals surface area contributed by atoms with Crippen LogP contribution in [0.25, 0.3) is 22.3 Å². The predicted octanol–water partition coefficient (Wildman–Crippen LogP) is 5.16. The number of hydrogen-bond acceptors (Lipinski definition) is 0. The standard InChI is InChI=1S/C18H13F/c19-18-12-10-17(11-13-18)16-8-6-15(7-9-16)14-4-2-1-3-5-14/h1-13H. The first-order valence-corrected chi connectivity index (χ1v) is 6.24. The quantitative estimate of drug-likeness (QED) is 0.587. The molecule has 0 aliphatic rings. The summed E-state index contributed by atoms with van der Waals surface area (Å²) in [5.74, 6) is -0.204. The Kier molecular flexibility index (Phi) is 3.11. The van der Waals surface area contributed by atoms with Gasteiger partial charge in [-0.15, -0.1) is 0 Å². The van der Waals surface area contributed by atoms with E-state index in [1.54, 1.807) is 12.1 Å². The SMILES string of the molecule is Fc1ccc(-c2ccc(-c3ccccc3)cc2)cc1. The van der Waals surface area contributed by atoms with Crippen LogP contribution in [-0.2, 0) is 0 Å². The lowest BCUT2D eigenvalue weighted by Crippen LogP contribution is -1.81. The lowest BCUT2D eigenvalue weighted by molar-refractivity contribution is 0.628. The monoisotopic (exact) mass is 248 g/mol. The molecule has 0 spiro atoms. The van der Waals surface area contributed by atoms with Crippen molar-refractivity contribution in [1.82, 2.24) is 0 Å². The van der Waals surface area contributed by atoms with Crippen LogP contribution in [0.5, 0.6) is 0 Å². The zero-order chi connectivity index (χ0) is 13.1. The van der Waals surface area contributed by atoms with E-state index >= 15 is 0 Å². The molecule has 3 aromatic rings. The highest BCUT2D eigenvalue weighted by molar-refractivity contribution is 5.70. The van der Waals surface area contributed by atoms with Gasteiger partial charge in [0.2, 0.25) is 0 Å². The van der Waals surface area contributed by atoms with E-state index in [1.807, 2.05) is 18.2 Å². The van der Waals surface area contributed by atoms with E-state index in [1.165, 1.54) is 23.3 Å². The van der Waals surface area contributed by atoms with E-state index in [4.69, 9.17) is 0 Å². The van der Waals surface area contributed by atoms with Crippen molar-refractivity contribution in [3.63, 3.8) is 0 Å². The van der Waals surface area contributed by atoms with Crippen LogP contribution in [0.1, 0.15) is 0 Å². The van der Waals surface area contributed by atoms with Gasteiger partial charge in [-0.3, -0.25) is 0 Å². The van der Waals surface area contributed by atoms with Gasteiger partial charge < -0.3 is 0 Å². The molecule has 0 aromatic heterocycles. The molecule has 0 fully saturated rings. The molecule has 3 rings (SSSR count). The first kappa shape index (κ1) is 11.7. The molecule has 0 N–H and O–H groups in total. The van der Waals surface area contributed by atoms with E-state index < -0.39 is 0 Å². The Hall–Kier alpha value is -2.41. The molecule has 92 valence electrons. The Morgan fingerprint density at radius 3 is 1.26 bits per heavy atom. The number of halogens is 1. The summed E-state index contributed by atoms with van der Waals surface area (Å²) in [6.45, 7) is 0. The minimum Gasteiger partial charge on any atom is -0.207 e. The van der Waals surface area contributed by atoms with Gasteiger partial charge in [0.25, 0.3) is 0 Å². The van der Waals surface area contributed by atoms with Crippen molar-refractivity contribution < 1.29 is 4.39 Å². The lowest BCUT2D eigenvalue weighted by Gasteiger charge is -2.05. The number of benzene rings is 3. The van der Waals surface area contributed by atoms with Gasteiger partial charge in [-0.2, -0.15) is 0 Å². The van der Waals surface area contributed by atoms with E-state index in [-0.39, 0.29) is 5.82 Å². The summed E-state index contributed by atoms with van der Waals surface area (Å²) in [6, 6.07) is 25.1. The van der Waals surface area contributed by atoms with Crippen molar-refractivity contribution in [3.8, 4) is 22.3 Å². The molecule has 0 nitrogen and oxygen atoms in total. The summed E-state index contributed by atoms with van der Waals surface area (Å²) in [5, 5.41) is 0. The molecule has 0 bridgehead atoms. The van der Waals surface area contributed by atoms with Crippen molar-refractivity contribution in [3.05, 3.63) is 84.7 Å². The van der Waals surface area contributed by atoms with Gasteiger partial charge in [0.05, 0.1) is 0 Å². The smallest absolute Gasteiger partial charge is 0.123 e. The normalized spacial score (nSPS) is 10.4. The fourth-order valence-corrected chi connectivity index (χ4v) is 2.13. The summed E-state index contributed by atoms with van der Waals surface area (Å²) in [5.41, 5.74) is 4.51. The zero-order valence-corrected chi connectivity index (χ0v) is 10.4. The van der Waals surface area contributed by atoms with Crippen LogP contribution in [0.15, 0.2) is 78.9 Å². The molecule has 0 radical (unpaired) electrons. The third kappa shape index (κ3) is 2.55. The summed E-state index contributed by atoms with van der Waals surface area (Å²) >= 11 is 0. The van der Waals surface area contributed by atoms with E-state index in [0.29, 0.717) is 0 Å². The van der Waals surface area contributed by atoms with Crippen LogP contribution in [0.3, 0.4) is 0 Å². The van der Waals surface area contributed by atoms with Crippen LogP contribution in [0.4, 0.5) is 4.39 Å². The summed E-state index contributed by atoms with van der Waals surface area (Å²) in [7, 11) is 0. The minimum atomic E-state index is -0.204. The van der Waals surface area contributed by atoms with Crippen molar-refractivity contribution >= 4 is 0 Å². The maximum Gasteiger partial charge on any atom is 0.123 e. The van der Waals surface area contributed by atoms with Gasteiger partial charge in [0.15, 0.2) is 0 Å². The van der Waals surface area contributed by atoms with Crippen molar-refractivity contribution in [1.29, 1.82) is 0 Å². The minimum absolute atomic E-state index is 0.204. The molecule has 0 aliphatic heterocycles. The van der Waals surface area contributed by atoms with Gasteiger partial charge >= 0.3 is 0 Å². The van der Waals surface area contributed by atoms with Crippen LogP contribution in [0.2, 0.25) is 0 Å². The fraction of sp³-hybridized carbons (Fsp3) is 0. The topological polar surface area (TPSA) is 0 Å². The average molecular weight is 248 g/mol. The fourth-order valence-electron chi connectivity index (χ4n) is 2.13.